The van der Waals surface area contributed by atoms with Gasteiger partial charge < -0.3 is 14.4 Å². The molecular weight excluding hydrogens is 401 g/mol. The van der Waals surface area contributed by atoms with Gasteiger partial charge in [0.05, 0.1) is 19.8 Å². The molecule has 0 bridgehead atoms. The van der Waals surface area contributed by atoms with E-state index in [0.29, 0.717) is 55.7 Å². The molecule has 1 amide bonds. The summed E-state index contributed by atoms with van der Waals surface area (Å²) in [6.07, 6.45) is 2.71. The van der Waals surface area contributed by atoms with E-state index in [1.54, 1.807) is 47.5 Å². The molecule has 0 N–H and O–H groups in total. The number of halogens is 1. The lowest BCUT2D eigenvalue weighted by molar-refractivity contribution is -0.181. The Morgan fingerprint density at radius 1 is 1.10 bits per heavy atom. The topological polar surface area (TPSA) is 73.7 Å². The molecule has 0 atom stereocenters. The van der Waals surface area contributed by atoms with Crippen LogP contribution in [0, 0.1) is 5.82 Å². The zero-order valence-corrected chi connectivity index (χ0v) is 16.9. The minimum atomic E-state index is -0.602. The van der Waals surface area contributed by atoms with Crippen molar-refractivity contribution < 1.29 is 18.7 Å². The van der Waals surface area contributed by atoms with Crippen LogP contribution in [0.15, 0.2) is 53.5 Å². The first-order valence-corrected chi connectivity index (χ1v) is 10.4. The number of carbonyl (C=O) groups is 1. The summed E-state index contributed by atoms with van der Waals surface area (Å²) in [6.45, 7) is 2.00. The maximum Gasteiger partial charge on any atom is 0.265 e. The first-order chi connectivity index (χ1) is 15.1. The Morgan fingerprint density at radius 3 is 2.58 bits per heavy atom. The van der Waals surface area contributed by atoms with Gasteiger partial charge in [0, 0.05) is 43.1 Å². The van der Waals surface area contributed by atoms with E-state index in [2.05, 4.69) is 4.98 Å². The summed E-state index contributed by atoms with van der Waals surface area (Å²) in [7, 11) is 0. The minimum Gasteiger partial charge on any atom is -0.347 e. The Hall–Kier alpha value is -3.10. The lowest BCUT2D eigenvalue weighted by Gasteiger charge is -2.37. The van der Waals surface area contributed by atoms with Crippen LogP contribution in [0.2, 0.25) is 0 Å². The van der Waals surface area contributed by atoms with Crippen molar-refractivity contribution in [2.24, 2.45) is 0 Å². The highest BCUT2D eigenvalue weighted by molar-refractivity contribution is 5.97. The van der Waals surface area contributed by atoms with Gasteiger partial charge in [-0.25, -0.2) is 9.37 Å². The van der Waals surface area contributed by atoms with Crippen molar-refractivity contribution >= 4 is 16.9 Å². The number of nitrogens with zero attached hydrogens (tertiary/aromatic N) is 3. The summed E-state index contributed by atoms with van der Waals surface area (Å²) in [4.78, 5) is 32.6. The van der Waals surface area contributed by atoms with Crippen molar-refractivity contribution in [3.63, 3.8) is 0 Å². The Labute approximate surface area is 178 Å². The van der Waals surface area contributed by atoms with Crippen LogP contribution in [0.5, 0.6) is 0 Å². The largest absolute Gasteiger partial charge is 0.347 e. The van der Waals surface area contributed by atoms with Crippen LogP contribution in [-0.2, 0) is 16.0 Å². The fourth-order valence-corrected chi connectivity index (χ4v) is 4.31. The fourth-order valence-electron chi connectivity index (χ4n) is 4.31. The van der Waals surface area contributed by atoms with Crippen LogP contribution in [0.3, 0.4) is 0 Å². The van der Waals surface area contributed by atoms with Crippen LogP contribution in [0.4, 0.5) is 4.39 Å². The molecule has 160 valence electrons. The highest BCUT2D eigenvalue weighted by Gasteiger charge is 2.41. The van der Waals surface area contributed by atoms with E-state index in [0.717, 1.165) is 0 Å². The van der Waals surface area contributed by atoms with E-state index in [-0.39, 0.29) is 18.0 Å². The molecule has 3 aromatic rings. The second kappa shape index (κ2) is 7.86. The van der Waals surface area contributed by atoms with Crippen molar-refractivity contribution in [1.82, 2.24) is 14.5 Å². The molecule has 2 aliphatic heterocycles. The zero-order chi connectivity index (χ0) is 21.4. The minimum absolute atomic E-state index is 0.00900. The van der Waals surface area contributed by atoms with Crippen molar-refractivity contribution in [2.75, 3.05) is 26.3 Å². The molecule has 1 spiro atoms. The Morgan fingerprint density at radius 2 is 1.84 bits per heavy atom. The average molecular weight is 423 g/mol. The van der Waals surface area contributed by atoms with Crippen LogP contribution in [-0.4, -0.2) is 52.4 Å². The maximum absolute atomic E-state index is 14.3. The molecule has 2 aromatic heterocycles. The molecule has 0 radical (unpaired) electrons. The number of benzene rings is 1. The summed E-state index contributed by atoms with van der Waals surface area (Å²) in [5.41, 5.74) is 0.350. The van der Waals surface area contributed by atoms with Crippen LogP contribution in [0.1, 0.15) is 28.8 Å². The monoisotopic (exact) mass is 423 g/mol. The molecule has 5 rings (SSSR count). The summed E-state index contributed by atoms with van der Waals surface area (Å²) in [6, 6.07) is 11.4. The molecule has 31 heavy (non-hydrogen) atoms. The van der Waals surface area contributed by atoms with Gasteiger partial charge in [-0.05, 0) is 24.3 Å². The number of amides is 1. The molecule has 0 aliphatic carbocycles. The van der Waals surface area contributed by atoms with Gasteiger partial charge in [0.1, 0.15) is 17.0 Å². The average Bonchev–Trinajstić information content (AvgIpc) is 3.24. The maximum atomic E-state index is 14.3. The Bertz CT molecular complexity index is 1190. The normalized spacial score (nSPS) is 18.0. The number of hydrogen-bond acceptors (Lipinski definition) is 5. The molecule has 2 saturated heterocycles. The number of ether oxygens (including phenoxy) is 2. The zero-order valence-electron chi connectivity index (χ0n) is 16.9. The molecule has 4 heterocycles. The smallest absolute Gasteiger partial charge is 0.265 e. The number of likely N-dealkylation sites (tertiary alicyclic amines) is 1. The van der Waals surface area contributed by atoms with Gasteiger partial charge in [-0.15, -0.1) is 0 Å². The quantitative estimate of drug-likeness (QED) is 0.647. The molecule has 2 fully saturated rings. The SMILES string of the molecule is O=C(c1cc2cccnc2n(Cc2ccccc2F)c1=O)N1CCC2(CC1)OCCO2. The first-order valence-electron chi connectivity index (χ1n) is 10.4. The first kappa shape index (κ1) is 19.8. The van der Waals surface area contributed by atoms with E-state index in [1.165, 1.54) is 10.6 Å². The molecule has 0 saturated carbocycles. The predicted molar refractivity (Wildman–Crippen MR) is 111 cm³/mol. The molecule has 0 unspecified atom stereocenters. The Kier molecular flexibility index (Phi) is 5.03. The van der Waals surface area contributed by atoms with Crippen molar-refractivity contribution in [3.8, 4) is 0 Å². The number of rotatable bonds is 3. The van der Waals surface area contributed by atoms with Gasteiger partial charge in [-0.3, -0.25) is 14.2 Å². The number of piperidine rings is 1. The van der Waals surface area contributed by atoms with Gasteiger partial charge in [0.2, 0.25) is 0 Å². The van der Waals surface area contributed by atoms with Crippen molar-refractivity contribution in [1.29, 1.82) is 0 Å². The van der Waals surface area contributed by atoms with E-state index in [9.17, 15) is 14.0 Å². The summed E-state index contributed by atoms with van der Waals surface area (Å²) >= 11 is 0. The van der Waals surface area contributed by atoms with E-state index >= 15 is 0 Å². The number of pyridine rings is 2. The van der Waals surface area contributed by atoms with Gasteiger partial charge >= 0.3 is 0 Å². The lowest BCUT2D eigenvalue weighted by atomic mass is 10.0. The predicted octanol–water partition coefficient (Wildman–Crippen LogP) is 2.56. The fraction of sp³-hybridized carbons (Fsp3) is 0.348. The molecule has 7 nitrogen and oxygen atoms in total. The highest BCUT2D eigenvalue weighted by atomic mass is 19.1. The Balaban J connectivity index is 1.50. The summed E-state index contributed by atoms with van der Waals surface area (Å²) < 4.78 is 27.1. The number of aromatic nitrogens is 2. The summed E-state index contributed by atoms with van der Waals surface area (Å²) in [5, 5.41) is 0.651. The van der Waals surface area contributed by atoms with Gasteiger partial charge in [0.15, 0.2) is 5.79 Å². The second-order valence-electron chi connectivity index (χ2n) is 7.86. The third kappa shape index (κ3) is 3.62. The van der Waals surface area contributed by atoms with Crippen molar-refractivity contribution in [2.45, 2.75) is 25.2 Å². The van der Waals surface area contributed by atoms with E-state index in [1.807, 2.05) is 0 Å². The number of hydrogen-bond donors (Lipinski definition) is 0. The third-order valence-corrected chi connectivity index (χ3v) is 5.99. The van der Waals surface area contributed by atoms with Crippen molar-refractivity contribution in [3.05, 3.63) is 76.0 Å². The van der Waals surface area contributed by atoms with Crippen LogP contribution in [0.25, 0.3) is 11.0 Å². The lowest BCUT2D eigenvalue weighted by Crippen LogP contribution is -2.48. The summed E-state index contributed by atoms with van der Waals surface area (Å²) in [5.74, 6) is -1.35. The molecule has 2 aliphatic rings. The highest BCUT2D eigenvalue weighted by Crippen LogP contribution is 2.31. The third-order valence-electron chi connectivity index (χ3n) is 5.99. The number of fused-ring (bicyclic) bond motifs is 1. The van der Waals surface area contributed by atoms with E-state index in [4.69, 9.17) is 9.47 Å². The molecule has 1 aromatic carbocycles. The molecular formula is C23H22FN3O4. The second-order valence-corrected chi connectivity index (χ2v) is 7.86. The molecule has 8 heteroatoms. The van der Waals surface area contributed by atoms with Gasteiger partial charge in [0.25, 0.3) is 11.5 Å². The van der Waals surface area contributed by atoms with Crippen LogP contribution >= 0.6 is 0 Å². The van der Waals surface area contributed by atoms with E-state index < -0.39 is 17.2 Å². The number of carbonyl (C=O) groups excluding carboxylic acids is 1. The van der Waals surface area contributed by atoms with Crippen LogP contribution < -0.4 is 5.56 Å². The standard InChI is InChI=1S/C23H22FN3O4/c24-19-6-2-1-4-17(19)15-27-20-16(5-3-9-25-20)14-18(22(27)29)21(28)26-10-7-23(8-11-26)30-12-13-31-23/h1-6,9,14H,7-8,10-13,15H2. The van der Waals surface area contributed by atoms with Gasteiger partial charge in [-0.1, -0.05) is 18.2 Å². The van der Waals surface area contributed by atoms with Gasteiger partial charge in [-0.2, -0.15) is 0 Å².